The van der Waals surface area contributed by atoms with Gasteiger partial charge in [-0.2, -0.15) is 0 Å². The number of aryl methyl sites for hydroxylation is 1. The molecule has 0 bridgehead atoms. The van der Waals surface area contributed by atoms with Crippen LogP contribution in [-0.2, 0) is 9.47 Å². The zero-order chi connectivity index (χ0) is 17.6. The predicted molar refractivity (Wildman–Crippen MR) is 103 cm³/mol. The number of hydrogen-bond donors (Lipinski definition) is 0. The summed E-state index contributed by atoms with van der Waals surface area (Å²) < 4.78 is 12.0. The van der Waals surface area contributed by atoms with Crippen molar-refractivity contribution in [1.82, 2.24) is 0 Å². The van der Waals surface area contributed by atoms with E-state index in [2.05, 4.69) is 69.3 Å². The summed E-state index contributed by atoms with van der Waals surface area (Å²) >= 11 is 0. The van der Waals surface area contributed by atoms with Crippen molar-refractivity contribution in [3.8, 4) is 11.1 Å². The van der Waals surface area contributed by atoms with Crippen LogP contribution in [0.1, 0.15) is 50.5 Å². The van der Waals surface area contributed by atoms with Gasteiger partial charge >= 0.3 is 0 Å². The van der Waals surface area contributed by atoms with E-state index in [1.807, 2.05) is 0 Å². The highest BCUT2D eigenvalue weighted by molar-refractivity contribution is 5.63. The SMILES string of the molecule is CCCCC(C)C1COC(c2ccc(-c3ccc(C)cc3)cc2)OC1. The molecule has 0 aromatic heterocycles. The summed E-state index contributed by atoms with van der Waals surface area (Å²) in [6.07, 6.45) is 3.60. The molecule has 0 amide bonds. The summed E-state index contributed by atoms with van der Waals surface area (Å²) in [4.78, 5) is 0. The van der Waals surface area contributed by atoms with Gasteiger partial charge in [-0.3, -0.25) is 0 Å². The number of unbranched alkanes of at least 4 members (excludes halogenated alkanes) is 1. The fraction of sp³-hybridized carbons (Fsp3) is 0.478. The summed E-state index contributed by atoms with van der Waals surface area (Å²) in [7, 11) is 0. The maximum atomic E-state index is 6.02. The normalized spacial score (nSPS) is 21.9. The zero-order valence-corrected chi connectivity index (χ0v) is 15.7. The Bertz CT molecular complexity index is 637. The Balaban J connectivity index is 1.58. The van der Waals surface area contributed by atoms with Crippen LogP contribution in [0.2, 0.25) is 0 Å². The van der Waals surface area contributed by atoms with E-state index in [1.165, 1.54) is 36.0 Å². The molecule has 1 heterocycles. The van der Waals surface area contributed by atoms with Crippen molar-refractivity contribution in [3.05, 3.63) is 59.7 Å². The van der Waals surface area contributed by atoms with E-state index in [-0.39, 0.29) is 6.29 Å². The van der Waals surface area contributed by atoms with Crippen molar-refractivity contribution in [3.63, 3.8) is 0 Å². The molecule has 134 valence electrons. The molecule has 3 rings (SSSR count). The van der Waals surface area contributed by atoms with Crippen LogP contribution in [0.5, 0.6) is 0 Å². The lowest BCUT2D eigenvalue weighted by Crippen LogP contribution is -2.31. The standard InChI is InChI=1S/C23H30O2/c1-4-5-6-18(3)22-15-24-23(25-16-22)21-13-11-20(12-14-21)19-9-7-17(2)8-10-19/h7-14,18,22-23H,4-6,15-16H2,1-3H3. The molecule has 1 aliphatic rings. The first-order chi connectivity index (χ1) is 12.2. The van der Waals surface area contributed by atoms with Gasteiger partial charge in [-0.25, -0.2) is 0 Å². The molecule has 1 unspecified atom stereocenters. The highest BCUT2D eigenvalue weighted by Crippen LogP contribution is 2.31. The van der Waals surface area contributed by atoms with Crippen LogP contribution in [0.15, 0.2) is 48.5 Å². The van der Waals surface area contributed by atoms with Gasteiger partial charge in [0.25, 0.3) is 0 Å². The van der Waals surface area contributed by atoms with E-state index in [0.29, 0.717) is 11.8 Å². The lowest BCUT2D eigenvalue weighted by atomic mass is 9.90. The molecule has 2 aromatic rings. The van der Waals surface area contributed by atoms with Crippen LogP contribution < -0.4 is 0 Å². The van der Waals surface area contributed by atoms with E-state index in [9.17, 15) is 0 Å². The molecular formula is C23H30O2. The van der Waals surface area contributed by atoms with Crippen molar-refractivity contribution < 1.29 is 9.47 Å². The van der Waals surface area contributed by atoms with Crippen molar-refractivity contribution in [2.75, 3.05) is 13.2 Å². The third kappa shape index (κ3) is 4.71. The van der Waals surface area contributed by atoms with Crippen LogP contribution in [-0.4, -0.2) is 13.2 Å². The molecule has 1 aliphatic heterocycles. The molecule has 1 saturated heterocycles. The molecule has 1 fully saturated rings. The van der Waals surface area contributed by atoms with E-state index in [1.54, 1.807) is 0 Å². The minimum Gasteiger partial charge on any atom is -0.348 e. The minimum atomic E-state index is -0.221. The van der Waals surface area contributed by atoms with E-state index in [4.69, 9.17) is 9.47 Å². The molecule has 2 heteroatoms. The maximum Gasteiger partial charge on any atom is 0.183 e. The van der Waals surface area contributed by atoms with Crippen LogP contribution >= 0.6 is 0 Å². The molecule has 0 aliphatic carbocycles. The van der Waals surface area contributed by atoms with Crippen LogP contribution in [0.25, 0.3) is 11.1 Å². The summed E-state index contributed by atoms with van der Waals surface area (Å²) in [6, 6.07) is 17.2. The molecule has 25 heavy (non-hydrogen) atoms. The van der Waals surface area contributed by atoms with Crippen LogP contribution in [0.4, 0.5) is 0 Å². The van der Waals surface area contributed by atoms with Crippen molar-refractivity contribution in [2.45, 2.75) is 46.3 Å². The number of benzene rings is 2. The average molecular weight is 338 g/mol. The third-order valence-corrected chi connectivity index (χ3v) is 5.31. The van der Waals surface area contributed by atoms with Crippen molar-refractivity contribution in [1.29, 1.82) is 0 Å². The minimum absolute atomic E-state index is 0.221. The van der Waals surface area contributed by atoms with Gasteiger partial charge in [-0.05, 0) is 24.0 Å². The molecule has 0 saturated carbocycles. The van der Waals surface area contributed by atoms with E-state index in [0.717, 1.165) is 18.8 Å². The quantitative estimate of drug-likeness (QED) is 0.629. The summed E-state index contributed by atoms with van der Waals surface area (Å²) in [5.41, 5.74) is 4.86. The monoisotopic (exact) mass is 338 g/mol. The van der Waals surface area contributed by atoms with Gasteiger partial charge in [0.15, 0.2) is 6.29 Å². The van der Waals surface area contributed by atoms with Crippen molar-refractivity contribution in [2.24, 2.45) is 11.8 Å². The first-order valence-corrected chi connectivity index (χ1v) is 9.57. The Morgan fingerprint density at radius 3 is 2.04 bits per heavy atom. The van der Waals surface area contributed by atoms with Gasteiger partial charge in [-0.1, -0.05) is 87.2 Å². The van der Waals surface area contributed by atoms with Gasteiger partial charge in [0, 0.05) is 11.5 Å². The predicted octanol–water partition coefficient (Wildman–Crippen LogP) is 6.15. The van der Waals surface area contributed by atoms with Gasteiger partial charge in [0.05, 0.1) is 13.2 Å². The fourth-order valence-corrected chi connectivity index (χ4v) is 3.38. The van der Waals surface area contributed by atoms with E-state index < -0.39 is 0 Å². The molecule has 2 aromatic carbocycles. The molecule has 0 spiro atoms. The highest BCUT2D eigenvalue weighted by atomic mass is 16.7. The maximum absolute atomic E-state index is 6.02. The Labute approximate surface area is 152 Å². The molecular weight excluding hydrogens is 308 g/mol. The first kappa shape index (κ1) is 18.2. The van der Waals surface area contributed by atoms with Gasteiger partial charge < -0.3 is 9.47 Å². The highest BCUT2D eigenvalue weighted by Gasteiger charge is 2.27. The molecule has 0 radical (unpaired) electrons. The van der Waals surface area contributed by atoms with Gasteiger partial charge in [-0.15, -0.1) is 0 Å². The zero-order valence-electron chi connectivity index (χ0n) is 15.7. The number of hydrogen-bond acceptors (Lipinski definition) is 2. The molecule has 0 N–H and O–H groups in total. The third-order valence-electron chi connectivity index (χ3n) is 5.31. The Hall–Kier alpha value is -1.64. The Morgan fingerprint density at radius 1 is 0.920 bits per heavy atom. The first-order valence-electron chi connectivity index (χ1n) is 9.57. The van der Waals surface area contributed by atoms with Crippen molar-refractivity contribution >= 4 is 0 Å². The summed E-state index contributed by atoms with van der Waals surface area (Å²) in [5, 5.41) is 0. The largest absolute Gasteiger partial charge is 0.348 e. The van der Waals surface area contributed by atoms with Gasteiger partial charge in [0.1, 0.15) is 0 Å². The number of rotatable bonds is 6. The second-order valence-electron chi connectivity index (χ2n) is 7.37. The molecule has 1 atom stereocenters. The second-order valence-corrected chi connectivity index (χ2v) is 7.37. The lowest BCUT2D eigenvalue weighted by molar-refractivity contribution is -0.212. The lowest BCUT2D eigenvalue weighted by Gasteiger charge is -2.33. The van der Waals surface area contributed by atoms with E-state index >= 15 is 0 Å². The second kappa shape index (κ2) is 8.64. The average Bonchev–Trinajstić information content (AvgIpc) is 2.67. The summed E-state index contributed by atoms with van der Waals surface area (Å²) in [5.74, 6) is 1.19. The smallest absolute Gasteiger partial charge is 0.183 e. The summed E-state index contributed by atoms with van der Waals surface area (Å²) in [6.45, 7) is 8.28. The molecule has 2 nitrogen and oxygen atoms in total. The van der Waals surface area contributed by atoms with Crippen LogP contribution in [0.3, 0.4) is 0 Å². The Morgan fingerprint density at radius 2 is 1.48 bits per heavy atom. The number of ether oxygens (including phenoxy) is 2. The van der Waals surface area contributed by atoms with Crippen LogP contribution in [0, 0.1) is 18.8 Å². The fourth-order valence-electron chi connectivity index (χ4n) is 3.38. The Kier molecular flexibility index (Phi) is 6.28. The topological polar surface area (TPSA) is 18.5 Å². The van der Waals surface area contributed by atoms with Gasteiger partial charge in [0.2, 0.25) is 0 Å².